The number of nitrogens with one attached hydrogen (secondary N) is 1. The number of hydrogen-bond acceptors (Lipinski definition) is 5. The van der Waals surface area contributed by atoms with Crippen molar-refractivity contribution in [3.05, 3.63) is 52.4 Å². The SMILES string of the molecule is CC(C)=Cc1cnc(NC(=O)C[C@@H](c2ccc(S(C)(=O)=O)c(Cl)c2)C2CCCC2)cn1. The molecule has 1 aliphatic rings. The zero-order chi connectivity index (χ0) is 22.6. The van der Waals surface area contributed by atoms with Gasteiger partial charge in [0, 0.05) is 12.7 Å². The lowest BCUT2D eigenvalue weighted by Gasteiger charge is -2.24. The van der Waals surface area contributed by atoms with E-state index in [1.807, 2.05) is 19.9 Å². The first-order valence-corrected chi connectivity index (χ1v) is 12.7. The van der Waals surface area contributed by atoms with Crippen molar-refractivity contribution >= 4 is 39.2 Å². The topological polar surface area (TPSA) is 89.0 Å². The maximum atomic E-state index is 12.8. The number of carbonyl (C=O) groups excluding carboxylic acids is 1. The van der Waals surface area contributed by atoms with Crippen molar-refractivity contribution in [2.45, 2.75) is 56.8 Å². The van der Waals surface area contributed by atoms with Crippen LogP contribution >= 0.6 is 11.6 Å². The number of carbonyl (C=O) groups is 1. The van der Waals surface area contributed by atoms with Gasteiger partial charge in [-0.05, 0) is 62.3 Å². The molecule has 1 N–H and O–H groups in total. The van der Waals surface area contributed by atoms with Gasteiger partial charge >= 0.3 is 0 Å². The number of anilines is 1. The normalized spacial score (nSPS) is 15.5. The predicted octanol–water partition coefficient (Wildman–Crippen LogP) is 5.26. The summed E-state index contributed by atoms with van der Waals surface area (Å²) in [6.45, 7) is 3.96. The van der Waals surface area contributed by atoms with Gasteiger partial charge in [0.15, 0.2) is 15.7 Å². The Morgan fingerprint density at radius 3 is 2.48 bits per heavy atom. The molecule has 0 radical (unpaired) electrons. The summed E-state index contributed by atoms with van der Waals surface area (Å²) in [5.41, 5.74) is 2.75. The van der Waals surface area contributed by atoms with E-state index in [2.05, 4.69) is 15.3 Å². The molecule has 1 fully saturated rings. The van der Waals surface area contributed by atoms with Crippen LogP contribution in [0.4, 0.5) is 5.82 Å². The minimum absolute atomic E-state index is 0.0356. The third kappa shape index (κ3) is 6.37. The molecule has 0 aliphatic heterocycles. The zero-order valence-electron chi connectivity index (χ0n) is 18.1. The third-order valence-electron chi connectivity index (χ3n) is 5.53. The fourth-order valence-electron chi connectivity index (χ4n) is 4.13. The monoisotopic (exact) mass is 461 g/mol. The van der Waals surface area contributed by atoms with Crippen molar-refractivity contribution in [3.8, 4) is 0 Å². The molecule has 31 heavy (non-hydrogen) atoms. The largest absolute Gasteiger partial charge is 0.309 e. The van der Waals surface area contributed by atoms with Gasteiger partial charge in [0.05, 0.1) is 28.0 Å². The van der Waals surface area contributed by atoms with Gasteiger partial charge in [0.2, 0.25) is 5.91 Å². The number of sulfone groups is 1. The standard InChI is InChI=1S/C23H28ClN3O3S/c1-15(2)10-18-13-26-22(14-25-18)27-23(28)12-19(16-6-4-5-7-16)17-8-9-21(20(24)11-17)31(3,29)30/h8-11,13-14,16,19H,4-7,12H2,1-3H3,(H,26,27,28)/t19-/m1/s1. The van der Waals surface area contributed by atoms with Gasteiger partial charge in [-0.1, -0.05) is 36.1 Å². The van der Waals surface area contributed by atoms with Gasteiger partial charge in [0.25, 0.3) is 0 Å². The molecular formula is C23H28ClN3O3S. The summed E-state index contributed by atoms with van der Waals surface area (Å²) < 4.78 is 23.8. The molecule has 2 aromatic rings. The molecule has 0 unspecified atom stereocenters. The molecule has 3 rings (SSSR count). The average Bonchev–Trinajstić information content (AvgIpc) is 3.20. The van der Waals surface area contributed by atoms with Crippen molar-refractivity contribution in [3.63, 3.8) is 0 Å². The number of amides is 1. The summed E-state index contributed by atoms with van der Waals surface area (Å²) in [6, 6.07) is 5.02. The highest BCUT2D eigenvalue weighted by molar-refractivity contribution is 7.90. The molecule has 1 saturated carbocycles. The molecule has 166 valence electrons. The van der Waals surface area contributed by atoms with E-state index in [1.165, 1.54) is 0 Å². The van der Waals surface area contributed by atoms with E-state index in [0.29, 0.717) is 11.7 Å². The van der Waals surface area contributed by atoms with Crippen LogP contribution in [-0.2, 0) is 14.6 Å². The third-order valence-corrected chi connectivity index (χ3v) is 7.11. The van der Waals surface area contributed by atoms with Crippen molar-refractivity contribution in [1.82, 2.24) is 9.97 Å². The number of allylic oxidation sites excluding steroid dienone is 1. The molecule has 1 heterocycles. The van der Waals surface area contributed by atoms with Gasteiger partial charge in [-0.25, -0.2) is 13.4 Å². The number of rotatable bonds is 7. The van der Waals surface area contributed by atoms with E-state index in [4.69, 9.17) is 11.6 Å². The lowest BCUT2D eigenvalue weighted by molar-refractivity contribution is -0.116. The lowest BCUT2D eigenvalue weighted by atomic mass is 9.82. The van der Waals surface area contributed by atoms with Crippen molar-refractivity contribution in [2.75, 3.05) is 11.6 Å². The maximum absolute atomic E-state index is 12.8. The molecule has 1 aliphatic carbocycles. The van der Waals surface area contributed by atoms with Gasteiger partial charge in [0.1, 0.15) is 0 Å². The zero-order valence-corrected chi connectivity index (χ0v) is 19.6. The highest BCUT2D eigenvalue weighted by Gasteiger charge is 2.29. The van der Waals surface area contributed by atoms with E-state index in [0.717, 1.165) is 48.8 Å². The molecule has 8 heteroatoms. The smallest absolute Gasteiger partial charge is 0.226 e. The Bertz CT molecular complexity index is 1070. The Morgan fingerprint density at radius 2 is 1.94 bits per heavy atom. The fraction of sp³-hybridized carbons (Fsp3) is 0.435. The van der Waals surface area contributed by atoms with Crippen LogP contribution in [0.2, 0.25) is 5.02 Å². The lowest BCUT2D eigenvalue weighted by Crippen LogP contribution is -2.20. The molecule has 0 spiro atoms. The first-order chi connectivity index (χ1) is 14.6. The molecule has 1 aromatic heterocycles. The van der Waals surface area contributed by atoms with E-state index < -0.39 is 9.84 Å². The minimum Gasteiger partial charge on any atom is -0.309 e. The van der Waals surface area contributed by atoms with Crippen LogP contribution in [0.3, 0.4) is 0 Å². The second-order valence-electron chi connectivity index (χ2n) is 8.41. The average molecular weight is 462 g/mol. The Hall–Kier alpha value is -2.25. The molecule has 1 aromatic carbocycles. The van der Waals surface area contributed by atoms with Crippen LogP contribution in [0.1, 0.15) is 63.1 Å². The Labute approximate surface area is 189 Å². The van der Waals surface area contributed by atoms with Crippen LogP contribution < -0.4 is 5.32 Å². The highest BCUT2D eigenvalue weighted by Crippen LogP contribution is 2.40. The Kier molecular flexibility index (Phi) is 7.49. The summed E-state index contributed by atoms with van der Waals surface area (Å²) in [5.74, 6) is 0.583. The van der Waals surface area contributed by atoms with Crippen LogP contribution in [-0.4, -0.2) is 30.5 Å². The summed E-state index contributed by atoms with van der Waals surface area (Å²) in [4.78, 5) is 21.5. The first-order valence-electron chi connectivity index (χ1n) is 10.4. The van der Waals surface area contributed by atoms with Crippen molar-refractivity contribution in [2.24, 2.45) is 5.92 Å². The van der Waals surface area contributed by atoms with Crippen LogP contribution in [0.5, 0.6) is 0 Å². The molecular weight excluding hydrogens is 434 g/mol. The molecule has 1 atom stereocenters. The van der Waals surface area contributed by atoms with Gasteiger partial charge < -0.3 is 5.32 Å². The number of nitrogens with zero attached hydrogens (tertiary/aromatic N) is 2. The summed E-state index contributed by atoms with van der Waals surface area (Å²) >= 11 is 6.28. The Morgan fingerprint density at radius 1 is 1.23 bits per heavy atom. The fourth-order valence-corrected chi connectivity index (χ4v) is 5.47. The van der Waals surface area contributed by atoms with Gasteiger partial charge in [-0.15, -0.1) is 0 Å². The second-order valence-corrected chi connectivity index (χ2v) is 10.8. The second kappa shape index (κ2) is 9.92. The quantitative estimate of drug-likeness (QED) is 0.607. The Balaban J connectivity index is 1.78. The van der Waals surface area contributed by atoms with Crippen LogP contribution in [0, 0.1) is 5.92 Å². The summed E-state index contributed by atoms with van der Waals surface area (Å²) in [5, 5.41) is 3.03. The van der Waals surface area contributed by atoms with Gasteiger partial charge in [-0.2, -0.15) is 0 Å². The highest BCUT2D eigenvalue weighted by atomic mass is 35.5. The van der Waals surface area contributed by atoms with Crippen molar-refractivity contribution < 1.29 is 13.2 Å². The molecule has 1 amide bonds. The number of benzene rings is 1. The number of hydrogen-bond donors (Lipinski definition) is 1. The summed E-state index contributed by atoms with van der Waals surface area (Å²) in [7, 11) is -3.40. The molecule has 0 saturated heterocycles. The molecule has 0 bridgehead atoms. The van der Waals surface area contributed by atoms with Crippen molar-refractivity contribution in [1.29, 1.82) is 0 Å². The maximum Gasteiger partial charge on any atom is 0.226 e. The first kappa shape index (κ1) is 23.4. The van der Waals surface area contributed by atoms with E-state index in [9.17, 15) is 13.2 Å². The van der Waals surface area contributed by atoms with Crippen LogP contribution in [0.25, 0.3) is 6.08 Å². The van der Waals surface area contributed by atoms with E-state index in [1.54, 1.807) is 30.6 Å². The summed E-state index contributed by atoms with van der Waals surface area (Å²) in [6.07, 6.45) is 10.9. The minimum atomic E-state index is -3.40. The number of aromatic nitrogens is 2. The van der Waals surface area contributed by atoms with E-state index >= 15 is 0 Å². The van der Waals surface area contributed by atoms with Crippen LogP contribution in [0.15, 0.2) is 41.1 Å². The predicted molar refractivity (Wildman–Crippen MR) is 124 cm³/mol. The van der Waals surface area contributed by atoms with Gasteiger partial charge in [-0.3, -0.25) is 9.78 Å². The molecule has 6 nitrogen and oxygen atoms in total. The van der Waals surface area contributed by atoms with E-state index in [-0.39, 0.29) is 28.2 Å². The number of halogens is 1.